The molecule has 0 amide bonds. The average Bonchev–Trinajstić information content (AvgIpc) is 2.00. The van der Waals surface area contributed by atoms with Gasteiger partial charge in [-0.2, -0.15) is 0 Å². The first-order chi connectivity index (χ1) is 5.04. The maximum atomic E-state index is 11.1. The molecular formula is C6H16N2O2S. The summed E-state index contributed by atoms with van der Waals surface area (Å²) < 4.78 is 23.6. The summed E-state index contributed by atoms with van der Waals surface area (Å²) in [5.41, 5.74) is 0. The van der Waals surface area contributed by atoms with Gasteiger partial charge in [0.15, 0.2) is 0 Å². The lowest BCUT2D eigenvalue weighted by molar-refractivity contribution is 0.467. The maximum Gasteiger partial charge on any atom is 0.213 e. The van der Waals surface area contributed by atoms with Gasteiger partial charge in [-0.15, -0.1) is 0 Å². The van der Waals surface area contributed by atoms with Crippen molar-refractivity contribution in [3.8, 4) is 0 Å². The summed E-state index contributed by atoms with van der Waals surface area (Å²) in [5, 5.41) is 2.89. The van der Waals surface area contributed by atoms with Gasteiger partial charge in [-0.1, -0.05) is 0 Å². The van der Waals surface area contributed by atoms with Gasteiger partial charge in [0.2, 0.25) is 10.0 Å². The zero-order chi connectivity index (χ0) is 8.91. The Morgan fingerprint density at radius 3 is 2.36 bits per heavy atom. The van der Waals surface area contributed by atoms with Crippen LogP contribution in [0.15, 0.2) is 0 Å². The summed E-state index contributed by atoms with van der Waals surface area (Å²) in [6, 6.07) is 0. The number of hydrogen-bond donors (Lipinski definition) is 1. The molecule has 0 radical (unpaired) electrons. The van der Waals surface area contributed by atoms with Crippen LogP contribution in [0.2, 0.25) is 0 Å². The van der Waals surface area contributed by atoms with Crippen LogP contribution in [0, 0.1) is 0 Å². The zero-order valence-corrected chi connectivity index (χ0v) is 8.11. The van der Waals surface area contributed by atoms with Gasteiger partial charge in [0, 0.05) is 20.1 Å². The Morgan fingerprint density at radius 2 is 2.00 bits per heavy atom. The first-order valence-corrected chi connectivity index (χ1v) is 5.24. The van der Waals surface area contributed by atoms with Gasteiger partial charge >= 0.3 is 0 Å². The zero-order valence-electron chi connectivity index (χ0n) is 7.29. The quantitative estimate of drug-likeness (QED) is 0.620. The Hall–Kier alpha value is -0.130. The molecule has 0 saturated heterocycles. The van der Waals surface area contributed by atoms with E-state index in [-0.39, 0.29) is 5.75 Å². The molecule has 0 saturated carbocycles. The van der Waals surface area contributed by atoms with E-state index in [0.717, 1.165) is 0 Å². The van der Waals surface area contributed by atoms with Crippen molar-refractivity contribution in [2.45, 2.75) is 6.92 Å². The molecule has 0 aliphatic rings. The van der Waals surface area contributed by atoms with E-state index in [1.54, 1.807) is 21.0 Å². The van der Waals surface area contributed by atoms with Gasteiger partial charge in [-0.05, 0) is 14.0 Å². The van der Waals surface area contributed by atoms with Crippen LogP contribution in [-0.4, -0.2) is 45.7 Å². The van der Waals surface area contributed by atoms with Crippen molar-refractivity contribution in [3.63, 3.8) is 0 Å². The van der Waals surface area contributed by atoms with Gasteiger partial charge in [-0.25, -0.2) is 12.7 Å². The molecule has 1 N–H and O–H groups in total. The standard InChI is InChI=1S/C6H16N2O2S/c1-4-11(9,10)8(3)6-5-7-2/h7H,4-6H2,1-3H3. The van der Waals surface area contributed by atoms with E-state index in [1.807, 2.05) is 0 Å². The molecule has 0 aromatic heterocycles. The molecule has 0 aliphatic heterocycles. The smallest absolute Gasteiger partial charge is 0.213 e. The second-order valence-electron chi connectivity index (χ2n) is 2.33. The molecule has 0 spiro atoms. The molecule has 4 nitrogen and oxygen atoms in total. The van der Waals surface area contributed by atoms with Crippen LogP contribution >= 0.6 is 0 Å². The summed E-state index contributed by atoms with van der Waals surface area (Å²) in [4.78, 5) is 0. The lowest BCUT2D eigenvalue weighted by Crippen LogP contribution is -2.33. The number of rotatable bonds is 5. The molecular weight excluding hydrogens is 164 g/mol. The highest BCUT2D eigenvalue weighted by atomic mass is 32.2. The number of nitrogens with zero attached hydrogens (tertiary/aromatic N) is 1. The Kier molecular flexibility index (Phi) is 4.63. The van der Waals surface area contributed by atoms with Crippen LogP contribution in [0.1, 0.15) is 6.92 Å². The number of nitrogens with one attached hydrogen (secondary N) is 1. The van der Waals surface area contributed by atoms with Crippen LogP contribution < -0.4 is 5.32 Å². The molecule has 0 heterocycles. The molecule has 0 aliphatic carbocycles. The molecule has 5 heteroatoms. The molecule has 0 aromatic carbocycles. The van der Waals surface area contributed by atoms with Crippen LogP contribution in [-0.2, 0) is 10.0 Å². The molecule has 0 fully saturated rings. The predicted octanol–water partition coefficient (Wildman–Crippen LogP) is -0.513. The lowest BCUT2D eigenvalue weighted by atomic mass is 10.6. The normalized spacial score (nSPS) is 12.4. The highest BCUT2D eigenvalue weighted by Gasteiger charge is 2.13. The minimum atomic E-state index is -2.98. The molecule has 0 bridgehead atoms. The number of sulfonamides is 1. The largest absolute Gasteiger partial charge is 0.318 e. The van der Waals surface area contributed by atoms with Crippen LogP contribution in [0.25, 0.3) is 0 Å². The van der Waals surface area contributed by atoms with Gasteiger partial charge < -0.3 is 5.32 Å². The molecule has 0 unspecified atom stereocenters. The molecule has 0 atom stereocenters. The van der Waals surface area contributed by atoms with Crippen molar-refractivity contribution in [2.24, 2.45) is 0 Å². The van der Waals surface area contributed by atoms with Crippen molar-refractivity contribution >= 4 is 10.0 Å². The first-order valence-electron chi connectivity index (χ1n) is 3.63. The van der Waals surface area contributed by atoms with E-state index in [2.05, 4.69) is 5.32 Å². The minimum absolute atomic E-state index is 0.174. The predicted molar refractivity (Wildman–Crippen MR) is 46.0 cm³/mol. The van der Waals surface area contributed by atoms with Crippen molar-refractivity contribution in [2.75, 3.05) is 32.9 Å². The maximum absolute atomic E-state index is 11.1. The van der Waals surface area contributed by atoms with Crippen LogP contribution in [0.3, 0.4) is 0 Å². The third-order valence-electron chi connectivity index (χ3n) is 1.52. The highest BCUT2D eigenvalue weighted by Crippen LogP contribution is 1.94. The summed E-state index contributed by atoms with van der Waals surface area (Å²) in [6.45, 7) is 2.87. The molecule has 0 rings (SSSR count). The number of likely N-dealkylation sites (N-methyl/N-ethyl adjacent to an activating group) is 2. The Morgan fingerprint density at radius 1 is 1.45 bits per heavy atom. The van der Waals surface area contributed by atoms with Crippen molar-refractivity contribution < 1.29 is 8.42 Å². The van der Waals surface area contributed by atoms with E-state index in [9.17, 15) is 8.42 Å². The lowest BCUT2D eigenvalue weighted by Gasteiger charge is -2.14. The first kappa shape index (κ1) is 10.9. The van der Waals surface area contributed by atoms with Gasteiger partial charge in [0.25, 0.3) is 0 Å². The van der Waals surface area contributed by atoms with Crippen molar-refractivity contribution in [1.82, 2.24) is 9.62 Å². The fourth-order valence-corrected chi connectivity index (χ4v) is 1.44. The second kappa shape index (κ2) is 4.69. The van der Waals surface area contributed by atoms with E-state index in [0.29, 0.717) is 13.1 Å². The van der Waals surface area contributed by atoms with Crippen molar-refractivity contribution in [3.05, 3.63) is 0 Å². The topological polar surface area (TPSA) is 49.4 Å². The summed E-state index contributed by atoms with van der Waals surface area (Å²) in [6.07, 6.45) is 0. The van der Waals surface area contributed by atoms with E-state index >= 15 is 0 Å². The van der Waals surface area contributed by atoms with Gasteiger partial charge in [-0.3, -0.25) is 0 Å². The molecule has 68 valence electrons. The average molecular weight is 180 g/mol. The molecule has 11 heavy (non-hydrogen) atoms. The Bertz CT molecular complexity index is 189. The van der Waals surface area contributed by atoms with E-state index < -0.39 is 10.0 Å². The Labute approximate surface area is 68.6 Å². The van der Waals surface area contributed by atoms with Crippen LogP contribution in [0.5, 0.6) is 0 Å². The van der Waals surface area contributed by atoms with E-state index in [4.69, 9.17) is 0 Å². The monoisotopic (exact) mass is 180 g/mol. The highest BCUT2D eigenvalue weighted by molar-refractivity contribution is 7.89. The second-order valence-corrected chi connectivity index (χ2v) is 4.69. The minimum Gasteiger partial charge on any atom is -0.318 e. The number of hydrogen-bond acceptors (Lipinski definition) is 3. The third kappa shape index (κ3) is 3.69. The summed E-state index contributed by atoms with van der Waals surface area (Å²) in [7, 11) is 0.414. The third-order valence-corrected chi connectivity index (χ3v) is 3.38. The van der Waals surface area contributed by atoms with Gasteiger partial charge in [0.05, 0.1) is 5.75 Å². The van der Waals surface area contributed by atoms with E-state index in [1.165, 1.54) is 4.31 Å². The van der Waals surface area contributed by atoms with Crippen molar-refractivity contribution in [1.29, 1.82) is 0 Å². The fraction of sp³-hybridized carbons (Fsp3) is 1.00. The molecule has 0 aromatic rings. The summed E-state index contributed by atoms with van der Waals surface area (Å²) in [5.74, 6) is 0.174. The SMILES string of the molecule is CCS(=O)(=O)N(C)CCNC. The Balaban J connectivity index is 3.93. The van der Waals surface area contributed by atoms with Crippen LogP contribution in [0.4, 0.5) is 0 Å². The summed E-state index contributed by atoms with van der Waals surface area (Å²) >= 11 is 0. The fourth-order valence-electron chi connectivity index (χ4n) is 0.629. The van der Waals surface area contributed by atoms with Gasteiger partial charge in [0.1, 0.15) is 0 Å².